The number of rotatable bonds is 5. The number of halogens is 1. The zero-order chi connectivity index (χ0) is 16.2. The molecule has 0 saturated carbocycles. The highest BCUT2D eigenvalue weighted by Crippen LogP contribution is 2.29. The molecule has 124 valence electrons. The minimum Gasteiger partial charge on any atom is -0.349 e. The smallest absolute Gasteiger partial charge is 0.261 e. The van der Waals surface area contributed by atoms with E-state index in [-0.39, 0.29) is 11.9 Å². The summed E-state index contributed by atoms with van der Waals surface area (Å²) in [5.41, 5.74) is 0. The molecule has 0 radical (unpaired) electrons. The number of nitrogens with zero attached hydrogens (tertiary/aromatic N) is 1. The van der Waals surface area contributed by atoms with Crippen molar-refractivity contribution in [2.45, 2.75) is 25.8 Å². The maximum atomic E-state index is 12.3. The zero-order valence-corrected chi connectivity index (χ0v) is 15.5. The summed E-state index contributed by atoms with van der Waals surface area (Å²) in [4.78, 5) is 16.8. The van der Waals surface area contributed by atoms with Crippen LogP contribution < -0.4 is 5.32 Å². The molecule has 0 aromatic carbocycles. The molecule has 3 rings (SSSR count). The lowest BCUT2D eigenvalue weighted by atomic mass is 9.97. The van der Waals surface area contributed by atoms with Crippen LogP contribution in [0.5, 0.6) is 0 Å². The molecule has 1 aliphatic rings. The van der Waals surface area contributed by atoms with Crippen molar-refractivity contribution in [3.8, 4) is 0 Å². The number of hydrogen-bond acceptors (Lipinski definition) is 4. The van der Waals surface area contributed by atoms with E-state index in [1.54, 1.807) is 23.5 Å². The third kappa shape index (κ3) is 4.35. The molecule has 0 spiro atoms. The van der Waals surface area contributed by atoms with Gasteiger partial charge >= 0.3 is 0 Å². The Morgan fingerprint density at radius 2 is 2.17 bits per heavy atom. The fraction of sp³-hybridized carbons (Fsp3) is 0.471. The second kappa shape index (κ2) is 7.79. The normalized spacial score (nSPS) is 18.0. The van der Waals surface area contributed by atoms with Crippen LogP contribution in [0.3, 0.4) is 0 Å². The first-order valence-corrected chi connectivity index (χ1v) is 10.0. The van der Waals surface area contributed by atoms with Gasteiger partial charge in [-0.05, 0) is 55.4 Å². The highest BCUT2D eigenvalue weighted by molar-refractivity contribution is 7.18. The maximum Gasteiger partial charge on any atom is 0.261 e. The molecule has 1 amide bonds. The summed E-state index contributed by atoms with van der Waals surface area (Å²) >= 11 is 9.00. The van der Waals surface area contributed by atoms with Gasteiger partial charge in [0.1, 0.15) is 0 Å². The van der Waals surface area contributed by atoms with Crippen LogP contribution in [0.2, 0.25) is 4.34 Å². The van der Waals surface area contributed by atoms with E-state index in [2.05, 4.69) is 34.7 Å². The number of carbonyl (C=O) groups excluding carboxylic acids is 1. The number of carbonyl (C=O) groups is 1. The largest absolute Gasteiger partial charge is 0.349 e. The lowest BCUT2D eigenvalue weighted by Gasteiger charge is -2.36. The predicted octanol–water partition coefficient (Wildman–Crippen LogP) is 4.67. The third-order valence-electron chi connectivity index (χ3n) is 4.38. The molecule has 1 fully saturated rings. The zero-order valence-electron chi connectivity index (χ0n) is 13.1. The summed E-state index contributed by atoms with van der Waals surface area (Å²) in [7, 11) is 0. The molecule has 1 saturated heterocycles. The number of thiophene rings is 2. The van der Waals surface area contributed by atoms with Crippen molar-refractivity contribution >= 4 is 40.2 Å². The van der Waals surface area contributed by atoms with Crippen LogP contribution in [0.15, 0.2) is 29.6 Å². The molecule has 1 aliphatic heterocycles. The van der Waals surface area contributed by atoms with Gasteiger partial charge in [-0.2, -0.15) is 0 Å². The second-order valence-electron chi connectivity index (χ2n) is 6.06. The van der Waals surface area contributed by atoms with E-state index < -0.39 is 0 Å². The Bertz CT molecular complexity index is 633. The third-order valence-corrected chi connectivity index (χ3v) is 6.59. The lowest BCUT2D eigenvalue weighted by molar-refractivity contribution is 0.0919. The first-order chi connectivity index (χ1) is 11.1. The Kier molecular flexibility index (Phi) is 5.75. The summed E-state index contributed by atoms with van der Waals surface area (Å²) in [6.07, 6.45) is 2.46. The van der Waals surface area contributed by atoms with E-state index in [1.165, 1.54) is 29.1 Å². The van der Waals surface area contributed by atoms with Gasteiger partial charge in [-0.3, -0.25) is 9.69 Å². The van der Waals surface area contributed by atoms with Crippen molar-refractivity contribution in [1.82, 2.24) is 10.2 Å². The Morgan fingerprint density at radius 1 is 1.39 bits per heavy atom. The molecule has 3 heterocycles. The molecule has 1 atom stereocenters. The molecular formula is C17H21ClN2OS2. The molecule has 0 aliphatic carbocycles. The number of likely N-dealkylation sites (tertiary alicyclic amines) is 1. The Hall–Kier alpha value is -0.880. The molecular weight excluding hydrogens is 348 g/mol. The first-order valence-electron chi connectivity index (χ1n) is 7.94. The van der Waals surface area contributed by atoms with Crippen LogP contribution in [0, 0.1) is 5.92 Å². The molecule has 0 unspecified atom stereocenters. The monoisotopic (exact) mass is 368 g/mol. The van der Waals surface area contributed by atoms with E-state index in [9.17, 15) is 4.79 Å². The second-order valence-corrected chi connectivity index (χ2v) is 8.76. The van der Waals surface area contributed by atoms with Crippen LogP contribution in [-0.4, -0.2) is 30.4 Å². The van der Waals surface area contributed by atoms with Crippen LogP contribution in [0.25, 0.3) is 0 Å². The summed E-state index contributed by atoms with van der Waals surface area (Å²) in [5.74, 6) is 0.770. The van der Waals surface area contributed by atoms with Crippen molar-refractivity contribution in [3.63, 3.8) is 0 Å². The van der Waals surface area contributed by atoms with Gasteiger partial charge in [-0.15, -0.1) is 22.7 Å². The van der Waals surface area contributed by atoms with Gasteiger partial charge in [0.15, 0.2) is 0 Å². The quantitative estimate of drug-likeness (QED) is 0.831. The van der Waals surface area contributed by atoms with Crippen LogP contribution in [0.4, 0.5) is 0 Å². The van der Waals surface area contributed by atoms with Gasteiger partial charge in [-0.25, -0.2) is 0 Å². The average Bonchev–Trinajstić information content (AvgIpc) is 3.21. The number of piperidine rings is 1. The minimum absolute atomic E-state index is 0.0335. The number of hydrogen-bond donors (Lipinski definition) is 1. The van der Waals surface area contributed by atoms with Crippen molar-refractivity contribution < 1.29 is 4.79 Å². The average molecular weight is 369 g/mol. The molecule has 2 aromatic rings. The van der Waals surface area contributed by atoms with Crippen LogP contribution >= 0.6 is 34.3 Å². The van der Waals surface area contributed by atoms with E-state index in [0.717, 1.165) is 19.0 Å². The summed E-state index contributed by atoms with van der Waals surface area (Å²) in [6, 6.07) is 8.07. The fourth-order valence-electron chi connectivity index (χ4n) is 2.94. The van der Waals surface area contributed by atoms with E-state index >= 15 is 0 Å². The molecule has 3 nitrogen and oxygen atoms in total. The van der Waals surface area contributed by atoms with Gasteiger partial charge in [0.25, 0.3) is 5.91 Å². The Labute approximate surface area is 150 Å². The highest BCUT2D eigenvalue weighted by atomic mass is 35.5. The van der Waals surface area contributed by atoms with Crippen molar-refractivity contribution in [3.05, 3.63) is 43.7 Å². The predicted molar refractivity (Wildman–Crippen MR) is 98.7 cm³/mol. The minimum atomic E-state index is -0.0335. The van der Waals surface area contributed by atoms with Crippen molar-refractivity contribution in [2.24, 2.45) is 5.92 Å². The van der Waals surface area contributed by atoms with Crippen LogP contribution in [0.1, 0.15) is 40.4 Å². The number of amides is 1. The van der Waals surface area contributed by atoms with E-state index in [1.807, 2.05) is 0 Å². The van der Waals surface area contributed by atoms with Gasteiger partial charge in [0, 0.05) is 11.4 Å². The van der Waals surface area contributed by atoms with Gasteiger partial charge in [0.05, 0.1) is 15.3 Å². The Morgan fingerprint density at radius 3 is 2.78 bits per heavy atom. The van der Waals surface area contributed by atoms with E-state index in [0.29, 0.717) is 15.8 Å². The summed E-state index contributed by atoms with van der Waals surface area (Å²) < 4.78 is 0.648. The number of nitrogens with one attached hydrogen (secondary N) is 1. The fourth-order valence-corrected chi connectivity index (χ4v) is 4.76. The van der Waals surface area contributed by atoms with Crippen LogP contribution in [-0.2, 0) is 0 Å². The summed E-state index contributed by atoms with van der Waals surface area (Å²) in [6.45, 7) is 5.16. The maximum absolute atomic E-state index is 12.3. The molecule has 1 N–H and O–H groups in total. The van der Waals surface area contributed by atoms with Gasteiger partial charge in [-0.1, -0.05) is 24.6 Å². The lowest BCUT2D eigenvalue weighted by Crippen LogP contribution is -2.41. The van der Waals surface area contributed by atoms with Crippen molar-refractivity contribution in [2.75, 3.05) is 19.6 Å². The van der Waals surface area contributed by atoms with E-state index in [4.69, 9.17) is 11.6 Å². The first kappa shape index (κ1) is 17.0. The van der Waals surface area contributed by atoms with Gasteiger partial charge < -0.3 is 5.32 Å². The summed E-state index contributed by atoms with van der Waals surface area (Å²) in [5, 5.41) is 5.19. The molecule has 0 bridgehead atoms. The standard InChI is InChI=1S/C17H21ClN2OS2/c1-12-6-8-20(9-7-12)13(14-3-2-10-22-14)11-19-17(21)15-4-5-16(18)23-15/h2-5,10,12-13H,6-9,11H2,1H3,(H,19,21)/t13-/m0/s1. The topological polar surface area (TPSA) is 32.3 Å². The van der Waals surface area contributed by atoms with Crippen molar-refractivity contribution in [1.29, 1.82) is 0 Å². The van der Waals surface area contributed by atoms with Gasteiger partial charge in [0.2, 0.25) is 0 Å². The molecule has 6 heteroatoms. The SMILES string of the molecule is CC1CCN([C@@H](CNC(=O)c2ccc(Cl)s2)c2cccs2)CC1. The Balaban J connectivity index is 1.66. The highest BCUT2D eigenvalue weighted by Gasteiger charge is 2.26. The molecule has 2 aromatic heterocycles. The molecule has 23 heavy (non-hydrogen) atoms.